The number of ether oxygens (including phenoxy) is 2. The van der Waals surface area contributed by atoms with Crippen LogP contribution >= 0.6 is 0 Å². The van der Waals surface area contributed by atoms with Crippen LogP contribution in [0, 0.1) is 11.3 Å². The number of aliphatic hydroxyl groups excluding tert-OH is 1. The lowest BCUT2D eigenvalue weighted by Crippen LogP contribution is -2.52. The summed E-state index contributed by atoms with van der Waals surface area (Å²) in [7, 11) is 0. The topological polar surface area (TPSA) is 38.7 Å². The maximum Gasteiger partial charge on any atom is 0.0569 e. The van der Waals surface area contributed by atoms with E-state index in [9.17, 15) is 5.11 Å². The fourth-order valence-corrected chi connectivity index (χ4v) is 2.13. The lowest BCUT2D eigenvalue weighted by Gasteiger charge is -2.47. The molecule has 2 heterocycles. The molecule has 0 unspecified atom stereocenters. The second-order valence-corrected chi connectivity index (χ2v) is 3.90. The van der Waals surface area contributed by atoms with Gasteiger partial charge in [0, 0.05) is 18.6 Å². The van der Waals surface area contributed by atoms with Crippen molar-refractivity contribution in [1.82, 2.24) is 0 Å². The predicted molar refractivity (Wildman–Crippen MR) is 43.9 cm³/mol. The Hall–Kier alpha value is -0.120. The van der Waals surface area contributed by atoms with Gasteiger partial charge in [-0.3, -0.25) is 0 Å². The molecule has 3 heteroatoms. The molecule has 0 aromatic heterocycles. The molecule has 3 nitrogen and oxygen atoms in total. The summed E-state index contributed by atoms with van der Waals surface area (Å²) in [4.78, 5) is 0. The highest BCUT2D eigenvalue weighted by Gasteiger charge is 2.45. The average Bonchev–Trinajstić information content (AvgIpc) is 2.05. The number of aliphatic hydroxyl groups is 1. The fourth-order valence-electron chi connectivity index (χ4n) is 2.13. The third kappa shape index (κ3) is 1.26. The SMILES string of the molecule is OCC1(C2CCOCC2)COC1. The maximum absolute atomic E-state index is 9.27. The average molecular weight is 172 g/mol. The quantitative estimate of drug-likeness (QED) is 0.656. The zero-order valence-electron chi connectivity index (χ0n) is 7.29. The van der Waals surface area contributed by atoms with Crippen molar-refractivity contribution < 1.29 is 14.6 Å². The minimum Gasteiger partial charge on any atom is -0.396 e. The van der Waals surface area contributed by atoms with Crippen LogP contribution in [0.15, 0.2) is 0 Å². The Kier molecular flexibility index (Phi) is 2.35. The molecule has 0 aromatic rings. The van der Waals surface area contributed by atoms with Crippen LogP contribution in [-0.2, 0) is 9.47 Å². The first kappa shape index (κ1) is 8.48. The molecule has 0 amide bonds. The van der Waals surface area contributed by atoms with Gasteiger partial charge in [-0.25, -0.2) is 0 Å². The second-order valence-electron chi connectivity index (χ2n) is 3.90. The summed E-state index contributed by atoms with van der Waals surface area (Å²) in [6, 6.07) is 0. The Bertz CT molecular complexity index is 142. The molecule has 2 saturated heterocycles. The highest BCUT2D eigenvalue weighted by molar-refractivity contribution is 4.92. The Morgan fingerprint density at radius 1 is 1.17 bits per heavy atom. The van der Waals surface area contributed by atoms with Crippen LogP contribution in [0.25, 0.3) is 0 Å². The smallest absolute Gasteiger partial charge is 0.0569 e. The van der Waals surface area contributed by atoms with Gasteiger partial charge in [0.1, 0.15) is 0 Å². The molecule has 0 spiro atoms. The van der Waals surface area contributed by atoms with Gasteiger partial charge in [-0.2, -0.15) is 0 Å². The van der Waals surface area contributed by atoms with E-state index in [0.717, 1.165) is 39.3 Å². The molecule has 0 aliphatic carbocycles. The molecule has 0 radical (unpaired) electrons. The van der Waals surface area contributed by atoms with Crippen molar-refractivity contribution >= 4 is 0 Å². The molecule has 70 valence electrons. The first-order valence-electron chi connectivity index (χ1n) is 4.64. The van der Waals surface area contributed by atoms with E-state index in [1.165, 1.54) is 0 Å². The molecule has 2 rings (SSSR count). The molecule has 0 atom stereocenters. The number of hydrogen-bond acceptors (Lipinski definition) is 3. The van der Waals surface area contributed by atoms with Gasteiger partial charge < -0.3 is 14.6 Å². The third-order valence-corrected chi connectivity index (χ3v) is 3.18. The van der Waals surface area contributed by atoms with Gasteiger partial charge in [-0.1, -0.05) is 0 Å². The van der Waals surface area contributed by atoms with Crippen LogP contribution in [0.4, 0.5) is 0 Å². The lowest BCUT2D eigenvalue weighted by molar-refractivity contribution is -0.182. The van der Waals surface area contributed by atoms with E-state index < -0.39 is 0 Å². The molecule has 1 N–H and O–H groups in total. The van der Waals surface area contributed by atoms with E-state index in [-0.39, 0.29) is 12.0 Å². The van der Waals surface area contributed by atoms with Crippen LogP contribution in [0.1, 0.15) is 12.8 Å². The first-order chi connectivity index (χ1) is 5.87. The minimum absolute atomic E-state index is 0.0871. The predicted octanol–water partition coefficient (Wildman–Crippen LogP) is 0.422. The first-order valence-corrected chi connectivity index (χ1v) is 4.64. The van der Waals surface area contributed by atoms with Crippen LogP contribution in [-0.4, -0.2) is 38.1 Å². The molecule has 2 aliphatic heterocycles. The maximum atomic E-state index is 9.27. The zero-order valence-corrected chi connectivity index (χ0v) is 7.29. The summed E-state index contributed by atoms with van der Waals surface area (Å²) >= 11 is 0. The number of hydrogen-bond donors (Lipinski definition) is 1. The summed E-state index contributed by atoms with van der Waals surface area (Å²) in [6.45, 7) is 3.47. The van der Waals surface area contributed by atoms with Crippen molar-refractivity contribution in [3.05, 3.63) is 0 Å². The molecule has 2 fully saturated rings. The van der Waals surface area contributed by atoms with Crippen molar-refractivity contribution in [2.45, 2.75) is 12.8 Å². The zero-order chi connectivity index (χ0) is 8.44. The summed E-state index contributed by atoms with van der Waals surface area (Å²) in [5.41, 5.74) is 0.0871. The largest absolute Gasteiger partial charge is 0.396 e. The Balaban J connectivity index is 1.95. The Morgan fingerprint density at radius 3 is 2.25 bits per heavy atom. The van der Waals surface area contributed by atoms with Crippen LogP contribution in [0.2, 0.25) is 0 Å². The van der Waals surface area contributed by atoms with Gasteiger partial charge in [0.2, 0.25) is 0 Å². The molecule has 0 aromatic carbocycles. The fraction of sp³-hybridized carbons (Fsp3) is 1.00. The van der Waals surface area contributed by atoms with E-state index in [1.54, 1.807) is 0 Å². The molecule has 0 saturated carbocycles. The normalized spacial score (nSPS) is 29.8. The van der Waals surface area contributed by atoms with Crippen molar-refractivity contribution in [1.29, 1.82) is 0 Å². The third-order valence-electron chi connectivity index (χ3n) is 3.18. The van der Waals surface area contributed by atoms with Gasteiger partial charge in [0.15, 0.2) is 0 Å². The van der Waals surface area contributed by atoms with Crippen molar-refractivity contribution in [3.63, 3.8) is 0 Å². The van der Waals surface area contributed by atoms with Crippen LogP contribution in [0.5, 0.6) is 0 Å². The van der Waals surface area contributed by atoms with Crippen molar-refractivity contribution in [2.24, 2.45) is 11.3 Å². The van der Waals surface area contributed by atoms with E-state index in [1.807, 2.05) is 0 Å². The molecular formula is C9H16O3. The molecule has 12 heavy (non-hydrogen) atoms. The Morgan fingerprint density at radius 2 is 1.83 bits per heavy atom. The van der Waals surface area contributed by atoms with E-state index in [2.05, 4.69) is 0 Å². The second kappa shape index (κ2) is 3.32. The highest BCUT2D eigenvalue weighted by atomic mass is 16.5. The minimum atomic E-state index is 0.0871. The van der Waals surface area contributed by atoms with Gasteiger partial charge in [0.25, 0.3) is 0 Å². The molecule has 2 aliphatic rings. The van der Waals surface area contributed by atoms with E-state index in [0.29, 0.717) is 5.92 Å². The van der Waals surface area contributed by atoms with Gasteiger partial charge in [-0.05, 0) is 18.8 Å². The summed E-state index contributed by atoms with van der Waals surface area (Å²) in [6.07, 6.45) is 2.17. The van der Waals surface area contributed by atoms with E-state index >= 15 is 0 Å². The van der Waals surface area contributed by atoms with Crippen LogP contribution in [0.3, 0.4) is 0 Å². The Labute approximate surface area is 72.7 Å². The summed E-state index contributed by atoms with van der Waals surface area (Å²) in [5, 5.41) is 9.27. The van der Waals surface area contributed by atoms with Crippen molar-refractivity contribution in [3.8, 4) is 0 Å². The molecular weight excluding hydrogens is 156 g/mol. The lowest BCUT2D eigenvalue weighted by atomic mass is 9.71. The monoisotopic (exact) mass is 172 g/mol. The van der Waals surface area contributed by atoms with E-state index in [4.69, 9.17) is 9.47 Å². The van der Waals surface area contributed by atoms with Gasteiger partial charge in [-0.15, -0.1) is 0 Å². The van der Waals surface area contributed by atoms with Gasteiger partial charge in [0.05, 0.1) is 19.8 Å². The highest BCUT2D eigenvalue weighted by Crippen LogP contribution is 2.40. The van der Waals surface area contributed by atoms with Crippen LogP contribution < -0.4 is 0 Å². The standard InChI is InChI=1S/C9H16O3/c10-5-9(6-12-7-9)8-1-3-11-4-2-8/h8,10H,1-7H2. The van der Waals surface area contributed by atoms with Crippen molar-refractivity contribution in [2.75, 3.05) is 33.0 Å². The van der Waals surface area contributed by atoms with Gasteiger partial charge >= 0.3 is 0 Å². The summed E-state index contributed by atoms with van der Waals surface area (Å²) < 4.78 is 10.5. The molecule has 0 bridgehead atoms. The summed E-state index contributed by atoms with van der Waals surface area (Å²) in [5.74, 6) is 0.616. The number of rotatable bonds is 2.